The van der Waals surface area contributed by atoms with E-state index >= 15 is 0 Å². The first-order valence-corrected chi connectivity index (χ1v) is 11.0. The maximum absolute atomic E-state index is 12.8. The van der Waals surface area contributed by atoms with Crippen LogP contribution in [0.4, 0.5) is 0 Å². The second-order valence-corrected chi connectivity index (χ2v) is 8.07. The lowest BCUT2D eigenvalue weighted by atomic mass is 10.00. The number of carbonyl (C=O) groups excluding carboxylic acids is 1. The standard InChI is InChI=1S/C28H34O5/c1-20(2)7-6-8-21(3)9-13-23-17-25(27(30)18-28(23)32-5)26(29)16-12-22-10-14-24(15-11-22)33-19-31-4/h7,9-12,14-18,30H,6,8,13,19H2,1-5H3/b16-12+,21-9+. The van der Waals surface area contributed by atoms with Crippen molar-refractivity contribution in [3.8, 4) is 17.2 Å². The van der Waals surface area contributed by atoms with Crippen molar-refractivity contribution in [2.75, 3.05) is 21.0 Å². The van der Waals surface area contributed by atoms with Crippen LogP contribution in [0.3, 0.4) is 0 Å². The summed E-state index contributed by atoms with van der Waals surface area (Å²) >= 11 is 0. The van der Waals surface area contributed by atoms with Gasteiger partial charge in [-0.25, -0.2) is 0 Å². The Hall–Kier alpha value is -3.31. The molecule has 2 aromatic rings. The molecule has 5 nitrogen and oxygen atoms in total. The number of carbonyl (C=O) groups is 1. The summed E-state index contributed by atoms with van der Waals surface area (Å²) in [7, 11) is 3.12. The second-order valence-electron chi connectivity index (χ2n) is 8.07. The zero-order chi connectivity index (χ0) is 24.2. The Labute approximate surface area is 197 Å². The molecule has 5 heteroatoms. The zero-order valence-electron chi connectivity index (χ0n) is 20.2. The molecule has 0 aliphatic carbocycles. The van der Waals surface area contributed by atoms with Gasteiger partial charge in [-0.15, -0.1) is 0 Å². The minimum atomic E-state index is -0.277. The van der Waals surface area contributed by atoms with Crippen LogP contribution in [0.15, 0.2) is 65.8 Å². The molecule has 0 aromatic heterocycles. The molecule has 1 N–H and O–H groups in total. The number of aromatic hydroxyl groups is 1. The molecule has 0 spiro atoms. The van der Waals surface area contributed by atoms with Gasteiger partial charge in [0, 0.05) is 13.2 Å². The highest BCUT2D eigenvalue weighted by molar-refractivity contribution is 6.08. The fourth-order valence-electron chi connectivity index (χ4n) is 3.20. The minimum Gasteiger partial charge on any atom is -0.507 e. The summed E-state index contributed by atoms with van der Waals surface area (Å²) in [5.74, 6) is 0.869. The van der Waals surface area contributed by atoms with Crippen LogP contribution in [0.25, 0.3) is 6.08 Å². The van der Waals surface area contributed by atoms with Gasteiger partial charge in [0.05, 0.1) is 12.7 Å². The molecular formula is C28H34O5. The molecule has 33 heavy (non-hydrogen) atoms. The SMILES string of the molecule is COCOc1ccc(/C=C/C(=O)c2cc(C/C=C(\C)CCC=C(C)C)c(OC)cc2O)cc1. The van der Waals surface area contributed by atoms with Crippen LogP contribution < -0.4 is 9.47 Å². The van der Waals surface area contributed by atoms with Gasteiger partial charge in [-0.1, -0.05) is 41.5 Å². The van der Waals surface area contributed by atoms with E-state index in [0.29, 0.717) is 17.9 Å². The molecule has 2 aromatic carbocycles. The van der Waals surface area contributed by atoms with E-state index in [-0.39, 0.29) is 23.9 Å². The highest BCUT2D eigenvalue weighted by Crippen LogP contribution is 2.30. The lowest BCUT2D eigenvalue weighted by Crippen LogP contribution is -2.00. The summed E-state index contributed by atoms with van der Waals surface area (Å²) in [6.07, 6.45) is 10.1. The van der Waals surface area contributed by atoms with Crippen LogP contribution in [-0.4, -0.2) is 31.9 Å². The summed E-state index contributed by atoms with van der Waals surface area (Å²) in [4.78, 5) is 12.8. The molecule has 0 saturated heterocycles. The quantitative estimate of drug-likeness (QED) is 0.173. The van der Waals surface area contributed by atoms with E-state index in [4.69, 9.17) is 14.2 Å². The lowest BCUT2D eigenvalue weighted by molar-refractivity contribution is 0.0511. The number of phenolic OH excluding ortho intramolecular Hbond substituents is 1. The van der Waals surface area contributed by atoms with Crippen LogP contribution >= 0.6 is 0 Å². The van der Waals surface area contributed by atoms with Crippen molar-refractivity contribution >= 4 is 11.9 Å². The molecule has 0 aliphatic heterocycles. The third-order valence-corrected chi connectivity index (χ3v) is 5.08. The van der Waals surface area contributed by atoms with E-state index in [9.17, 15) is 9.90 Å². The van der Waals surface area contributed by atoms with E-state index in [1.54, 1.807) is 38.5 Å². The van der Waals surface area contributed by atoms with Gasteiger partial charge in [-0.3, -0.25) is 4.79 Å². The predicted octanol–water partition coefficient (Wildman–Crippen LogP) is 6.51. The molecule has 0 saturated carbocycles. The summed E-state index contributed by atoms with van der Waals surface area (Å²) in [5.41, 5.74) is 4.53. The van der Waals surface area contributed by atoms with Crippen LogP contribution in [0, 0.1) is 0 Å². The van der Waals surface area contributed by atoms with Crippen molar-refractivity contribution in [1.29, 1.82) is 0 Å². The van der Waals surface area contributed by atoms with Crippen molar-refractivity contribution in [3.63, 3.8) is 0 Å². The van der Waals surface area contributed by atoms with Crippen molar-refractivity contribution in [1.82, 2.24) is 0 Å². The van der Waals surface area contributed by atoms with Crippen molar-refractivity contribution in [2.45, 2.75) is 40.0 Å². The molecule has 176 valence electrons. The number of hydrogen-bond acceptors (Lipinski definition) is 5. The van der Waals surface area contributed by atoms with Crippen LogP contribution in [-0.2, 0) is 11.2 Å². The van der Waals surface area contributed by atoms with Crippen molar-refractivity contribution < 1.29 is 24.1 Å². The van der Waals surface area contributed by atoms with Crippen LogP contribution in [0.5, 0.6) is 17.2 Å². The smallest absolute Gasteiger partial charge is 0.189 e. The number of phenols is 1. The molecule has 0 aliphatic rings. The Kier molecular flexibility index (Phi) is 10.4. The molecule has 0 amide bonds. The molecule has 2 rings (SSSR count). The topological polar surface area (TPSA) is 65.0 Å². The van der Waals surface area contributed by atoms with Crippen molar-refractivity contribution in [3.05, 3.63) is 82.5 Å². The summed E-state index contributed by atoms with van der Waals surface area (Å²) in [6, 6.07) is 10.5. The molecule has 0 atom stereocenters. The Balaban J connectivity index is 2.14. The second kappa shape index (κ2) is 13.3. The molecule has 0 fully saturated rings. The van der Waals surface area contributed by atoms with Crippen LogP contribution in [0.2, 0.25) is 0 Å². The molecule has 0 heterocycles. The highest BCUT2D eigenvalue weighted by atomic mass is 16.7. The Morgan fingerprint density at radius 1 is 1.03 bits per heavy atom. The van der Waals surface area contributed by atoms with E-state index in [1.165, 1.54) is 23.3 Å². The average Bonchev–Trinajstić information content (AvgIpc) is 2.80. The monoisotopic (exact) mass is 450 g/mol. The largest absolute Gasteiger partial charge is 0.507 e. The fourth-order valence-corrected chi connectivity index (χ4v) is 3.20. The van der Waals surface area contributed by atoms with E-state index < -0.39 is 0 Å². The third-order valence-electron chi connectivity index (χ3n) is 5.08. The maximum atomic E-state index is 12.8. The normalized spacial score (nSPS) is 11.5. The Morgan fingerprint density at radius 3 is 2.39 bits per heavy atom. The number of ketones is 1. The van der Waals surface area contributed by atoms with Gasteiger partial charge in [0.2, 0.25) is 0 Å². The fraction of sp³-hybridized carbons (Fsp3) is 0.321. The number of hydrogen-bond donors (Lipinski definition) is 1. The van der Waals surface area contributed by atoms with Gasteiger partial charge >= 0.3 is 0 Å². The number of benzene rings is 2. The first kappa shape index (κ1) is 25.9. The van der Waals surface area contributed by atoms with Gasteiger partial charge in [0.1, 0.15) is 17.2 Å². The van der Waals surface area contributed by atoms with Crippen LogP contribution in [0.1, 0.15) is 55.1 Å². The van der Waals surface area contributed by atoms with Gasteiger partial charge < -0.3 is 19.3 Å². The van der Waals surface area contributed by atoms with Gasteiger partial charge in [0.15, 0.2) is 12.6 Å². The minimum absolute atomic E-state index is 0.0992. The first-order valence-electron chi connectivity index (χ1n) is 11.0. The van der Waals surface area contributed by atoms with Gasteiger partial charge in [-0.2, -0.15) is 0 Å². The van der Waals surface area contributed by atoms with Crippen molar-refractivity contribution in [2.24, 2.45) is 0 Å². The zero-order valence-corrected chi connectivity index (χ0v) is 20.2. The molecular weight excluding hydrogens is 416 g/mol. The van der Waals surface area contributed by atoms with E-state index in [0.717, 1.165) is 24.0 Å². The molecule has 0 bridgehead atoms. The number of allylic oxidation sites excluding steroid dienone is 5. The lowest BCUT2D eigenvalue weighted by Gasteiger charge is -2.11. The summed E-state index contributed by atoms with van der Waals surface area (Å²) in [6.45, 7) is 6.47. The summed E-state index contributed by atoms with van der Waals surface area (Å²) in [5, 5.41) is 10.4. The third kappa shape index (κ3) is 8.62. The molecule has 0 radical (unpaired) electrons. The number of rotatable bonds is 12. The number of methoxy groups -OCH3 is 2. The van der Waals surface area contributed by atoms with Gasteiger partial charge in [-0.05, 0) is 75.4 Å². The summed E-state index contributed by atoms with van der Waals surface area (Å²) < 4.78 is 15.7. The molecule has 0 unspecified atom stereocenters. The van der Waals surface area contributed by atoms with E-state index in [2.05, 4.69) is 32.9 Å². The Morgan fingerprint density at radius 2 is 1.76 bits per heavy atom. The highest BCUT2D eigenvalue weighted by Gasteiger charge is 2.14. The van der Waals surface area contributed by atoms with Gasteiger partial charge in [0.25, 0.3) is 0 Å². The Bertz CT molecular complexity index is 1010. The first-order chi connectivity index (χ1) is 15.8. The maximum Gasteiger partial charge on any atom is 0.189 e. The van der Waals surface area contributed by atoms with E-state index in [1.807, 2.05) is 12.1 Å². The predicted molar refractivity (Wildman–Crippen MR) is 133 cm³/mol. The average molecular weight is 451 g/mol. The number of ether oxygens (including phenoxy) is 3.